The Kier molecular flexibility index (Phi) is 6.83. The third-order valence-electron chi connectivity index (χ3n) is 4.60. The van der Waals surface area contributed by atoms with E-state index in [4.69, 9.17) is 24.4 Å². The van der Waals surface area contributed by atoms with Crippen molar-refractivity contribution in [3.8, 4) is 5.75 Å². The molecule has 2 heterocycles. The molecule has 2 atom stereocenters. The van der Waals surface area contributed by atoms with Crippen LogP contribution in [-0.4, -0.2) is 48.5 Å². The number of ether oxygens (including phenoxy) is 3. The summed E-state index contributed by atoms with van der Waals surface area (Å²) in [7, 11) is 1.92. The van der Waals surface area contributed by atoms with Crippen LogP contribution in [0.1, 0.15) is 16.7 Å². The average molecular weight is 413 g/mol. The molecule has 158 valence electrons. The summed E-state index contributed by atoms with van der Waals surface area (Å²) in [5, 5.41) is 18.8. The Labute approximate surface area is 173 Å². The van der Waals surface area contributed by atoms with Crippen LogP contribution < -0.4 is 10.1 Å². The molecule has 2 unspecified atom stereocenters. The number of fused-ring (bicyclic) bond motifs is 4. The van der Waals surface area contributed by atoms with Crippen LogP contribution in [0.4, 0.5) is 0 Å². The first kappa shape index (κ1) is 21.5. The molecule has 8 nitrogen and oxygen atoms in total. The van der Waals surface area contributed by atoms with Gasteiger partial charge in [-0.05, 0) is 24.7 Å². The molecule has 0 radical (unpaired) electrons. The van der Waals surface area contributed by atoms with Crippen LogP contribution in [0.3, 0.4) is 0 Å². The molecule has 2 aromatic rings. The quantitative estimate of drug-likeness (QED) is 0.653. The first-order valence-corrected chi connectivity index (χ1v) is 9.37. The number of hydrogen-bond acceptors (Lipinski definition) is 6. The van der Waals surface area contributed by atoms with E-state index in [1.807, 2.05) is 43.4 Å². The van der Waals surface area contributed by atoms with Gasteiger partial charge in [-0.1, -0.05) is 36.4 Å². The highest BCUT2D eigenvalue weighted by molar-refractivity contribution is 5.89. The fourth-order valence-electron chi connectivity index (χ4n) is 3.40. The molecule has 30 heavy (non-hydrogen) atoms. The number of benzene rings is 2. The predicted molar refractivity (Wildman–Crippen MR) is 107 cm³/mol. The largest absolute Gasteiger partial charge is 0.488 e. The number of carbonyl (C=O) groups is 2. The number of para-hydroxylation sites is 1. The molecule has 3 N–H and O–H groups in total. The summed E-state index contributed by atoms with van der Waals surface area (Å²) in [5.74, 6) is -2.56. The first-order chi connectivity index (χ1) is 14.5. The molecular formula is C22H23NO7. The van der Waals surface area contributed by atoms with Crippen molar-refractivity contribution in [1.82, 2.24) is 5.32 Å². The van der Waals surface area contributed by atoms with E-state index in [-0.39, 0.29) is 6.10 Å². The van der Waals surface area contributed by atoms with Gasteiger partial charge in [-0.2, -0.15) is 0 Å². The van der Waals surface area contributed by atoms with Crippen LogP contribution in [-0.2, 0) is 31.5 Å². The lowest BCUT2D eigenvalue weighted by atomic mass is 9.93. The maximum atomic E-state index is 9.55. The van der Waals surface area contributed by atoms with Crippen LogP contribution in [0.2, 0.25) is 0 Å². The zero-order valence-electron chi connectivity index (χ0n) is 16.4. The molecule has 1 spiro atoms. The number of nitrogens with one attached hydrogen (secondary N) is 1. The molecule has 4 rings (SSSR count). The summed E-state index contributed by atoms with van der Waals surface area (Å²) in [5.41, 5.74) is 3.08. The van der Waals surface area contributed by atoms with Crippen molar-refractivity contribution in [2.75, 3.05) is 20.2 Å². The van der Waals surface area contributed by atoms with Gasteiger partial charge in [-0.3, -0.25) is 0 Å². The van der Waals surface area contributed by atoms with Gasteiger partial charge in [-0.25, -0.2) is 9.59 Å². The van der Waals surface area contributed by atoms with Gasteiger partial charge in [0, 0.05) is 24.3 Å². The van der Waals surface area contributed by atoms with Crippen molar-refractivity contribution in [2.45, 2.75) is 18.5 Å². The Morgan fingerprint density at radius 1 is 1.07 bits per heavy atom. The Hall–Kier alpha value is -3.20. The standard InChI is InChI=1S/C18H19NO3.C4H4O4/c1-19-10-14-12-21-18(22-14)15-7-3-2-6-13(15)11-20-17-9-5-4-8-16(17)18;5-3(6)1-2-4(7)8/h2-9,14,19H,10-12H2,1H3;1-2H,(H,5,6)(H,7,8)/b;2-1-. The highest BCUT2D eigenvalue weighted by Gasteiger charge is 2.48. The molecule has 0 amide bonds. The smallest absolute Gasteiger partial charge is 0.328 e. The lowest BCUT2D eigenvalue weighted by Crippen LogP contribution is -2.32. The van der Waals surface area contributed by atoms with Crippen LogP contribution in [0, 0.1) is 0 Å². The summed E-state index contributed by atoms with van der Waals surface area (Å²) < 4.78 is 18.6. The van der Waals surface area contributed by atoms with Gasteiger partial charge in [0.1, 0.15) is 12.4 Å². The Bertz CT molecular complexity index is 877. The van der Waals surface area contributed by atoms with Gasteiger partial charge in [0.2, 0.25) is 5.79 Å². The molecular weight excluding hydrogens is 390 g/mol. The van der Waals surface area contributed by atoms with E-state index in [0.29, 0.717) is 25.4 Å². The average Bonchev–Trinajstić information content (AvgIpc) is 3.11. The van der Waals surface area contributed by atoms with E-state index < -0.39 is 17.7 Å². The van der Waals surface area contributed by atoms with Crippen molar-refractivity contribution in [3.63, 3.8) is 0 Å². The predicted octanol–water partition coefficient (Wildman–Crippen LogP) is 2.13. The number of aliphatic carboxylic acids is 2. The molecule has 1 saturated heterocycles. The van der Waals surface area contributed by atoms with E-state index >= 15 is 0 Å². The van der Waals surface area contributed by atoms with Crippen LogP contribution in [0.25, 0.3) is 0 Å². The van der Waals surface area contributed by atoms with E-state index in [1.54, 1.807) is 0 Å². The molecule has 2 aliphatic rings. The first-order valence-electron chi connectivity index (χ1n) is 9.37. The SMILES string of the molecule is CNCC1COC2(O1)c1ccccc1COc1ccccc12.O=C(O)/C=C\C(=O)O. The van der Waals surface area contributed by atoms with Crippen molar-refractivity contribution in [3.05, 3.63) is 77.4 Å². The van der Waals surface area contributed by atoms with Gasteiger partial charge < -0.3 is 29.7 Å². The zero-order valence-corrected chi connectivity index (χ0v) is 16.4. The molecule has 0 bridgehead atoms. The molecule has 0 saturated carbocycles. The highest BCUT2D eigenvalue weighted by atomic mass is 16.7. The van der Waals surface area contributed by atoms with E-state index in [1.165, 1.54) is 0 Å². The molecule has 1 fully saturated rings. The number of carboxylic acid groups (broad SMARTS) is 2. The maximum Gasteiger partial charge on any atom is 0.328 e. The third-order valence-corrected chi connectivity index (χ3v) is 4.60. The van der Waals surface area contributed by atoms with Gasteiger partial charge in [-0.15, -0.1) is 0 Å². The van der Waals surface area contributed by atoms with Crippen LogP contribution in [0.5, 0.6) is 5.75 Å². The summed E-state index contributed by atoms with van der Waals surface area (Å²) in [6, 6.07) is 16.2. The topological polar surface area (TPSA) is 114 Å². The molecule has 2 aromatic carbocycles. The molecule has 8 heteroatoms. The summed E-state index contributed by atoms with van der Waals surface area (Å²) in [6.07, 6.45) is 1.13. The van der Waals surface area contributed by atoms with Gasteiger partial charge in [0.05, 0.1) is 18.3 Å². The maximum absolute atomic E-state index is 9.55. The zero-order chi connectivity index (χ0) is 21.6. The monoisotopic (exact) mass is 413 g/mol. The van der Waals surface area contributed by atoms with Crippen molar-refractivity contribution in [1.29, 1.82) is 0 Å². The number of rotatable bonds is 4. The lowest BCUT2D eigenvalue weighted by Gasteiger charge is -2.29. The number of hydrogen-bond donors (Lipinski definition) is 3. The normalized spacial score (nSPS) is 21.7. The molecule has 0 aromatic heterocycles. The van der Waals surface area contributed by atoms with Crippen LogP contribution >= 0.6 is 0 Å². The second kappa shape index (κ2) is 9.53. The van der Waals surface area contributed by atoms with Crippen molar-refractivity contribution < 1.29 is 34.0 Å². The second-order valence-corrected chi connectivity index (χ2v) is 6.68. The summed E-state index contributed by atoms with van der Waals surface area (Å²) in [6.45, 7) is 1.84. The molecule has 0 aliphatic carbocycles. The Balaban J connectivity index is 0.000000275. The van der Waals surface area contributed by atoms with E-state index in [9.17, 15) is 9.59 Å². The highest BCUT2D eigenvalue weighted by Crippen LogP contribution is 2.47. The van der Waals surface area contributed by atoms with Gasteiger partial charge in [0.15, 0.2) is 0 Å². The Morgan fingerprint density at radius 3 is 2.37 bits per heavy atom. The van der Waals surface area contributed by atoms with E-state index in [0.717, 1.165) is 29.0 Å². The van der Waals surface area contributed by atoms with Crippen molar-refractivity contribution >= 4 is 11.9 Å². The van der Waals surface area contributed by atoms with Gasteiger partial charge in [0.25, 0.3) is 0 Å². The lowest BCUT2D eigenvalue weighted by molar-refractivity contribution is -0.142. The minimum absolute atomic E-state index is 0.0178. The minimum atomic E-state index is -1.26. The third kappa shape index (κ3) is 4.68. The van der Waals surface area contributed by atoms with E-state index in [2.05, 4.69) is 17.4 Å². The fourth-order valence-corrected chi connectivity index (χ4v) is 3.40. The molecule has 2 aliphatic heterocycles. The second-order valence-electron chi connectivity index (χ2n) is 6.68. The number of carboxylic acids is 2. The summed E-state index contributed by atoms with van der Waals surface area (Å²) in [4.78, 5) is 19.1. The van der Waals surface area contributed by atoms with Crippen LogP contribution in [0.15, 0.2) is 60.7 Å². The fraction of sp³-hybridized carbons (Fsp3) is 0.273. The minimum Gasteiger partial charge on any atom is -0.488 e. The Morgan fingerprint density at radius 2 is 1.70 bits per heavy atom. The number of likely N-dealkylation sites (N-methyl/N-ethyl adjacent to an activating group) is 1. The summed E-state index contributed by atoms with van der Waals surface area (Å²) >= 11 is 0. The van der Waals surface area contributed by atoms with Gasteiger partial charge >= 0.3 is 11.9 Å². The van der Waals surface area contributed by atoms with Crippen molar-refractivity contribution in [2.24, 2.45) is 0 Å².